The summed E-state index contributed by atoms with van der Waals surface area (Å²) in [6.07, 6.45) is 4.21. The molecule has 1 heterocycles. The predicted octanol–water partition coefficient (Wildman–Crippen LogP) is 5.20. The van der Waals surface area contributed by atoms with E-state index < -0.39 is 10.9 Å². The molecule has 202 valence electrons. The molecular formula is C27H43F2N3O2P2. The Balaban J connectivity index is 0.000000549. The fourth-order valence-corrected chi connectivity index (χ4v) is 3.14. The first-order valence-electron chi connectivity index (χ1n) is 12.3. The summed E-state index contributed by atoms with van der Waals surface area (Å²) in [4.78, 5) is 23.4. The smallest absolute Gasteiger partial charge is 0.251 e. The van der Waals surface area contributed by atoms with Crippen LogP contribution in [0.5, 0.6) is 0 Å². The molecule has 1 fully saturated rings. The fourth-order valence-electron chi connectivity index (χ4n) is 3.14. The van der Waals surface area contributed by atoms with Gasteiger partial charge in [-0.1, -0.05) is 68.7 Å². The van der Waals surface area contributed by atoms with E-state index in [9.17, 15) is 18.4 Å². The highest BCUT2D eigenvalue weighted by atomic mass is 31.1. The van der Waals surface area contributed by atoms with Gasteiger partial charge in [0.2, 0.25) is 0 Å². The predicted molar refractivity (Wildman–Crippen MR) is 153 cm³/mol. The Hall–Kier alpha value is -1.78. The summed E-state index contributed by atoms with van der Waals surface area (Å²) in [5.74, 6) is -0.674. The molecule has 2 aromatic carbocycles. The topological polar surface area (TPSA) is 75.4 Å². The van der Waals surface area contributed by atoms with Crippen molar-refractivity contribution in [3.05, 3.63) is 71.5 Å². The van der Waals surface area contributed by atoms with E-state index in [1.54, 1.807) is 43.7 Å². The van der Waals surface area contributed by atoms with E-state index in [2.05, 4.69) is 10.2 Å². The Kier molecular flexibility index (Phi) is 18.4. The normalized spacial score (nSPS) is 13.6. The number of ketones is 1. The number of carbonyl (C=O) groups is 2. The van der Waals surface area contributed by atoms with Crippen molar-refractivity contribution in [1.82, 2.24) is 10.2 Å². The number of rotatable bonds is 7. The monoisotopic (exact) mass is 541 g/mol. The zero-order valence-corrected chi connectivity index (χ0v) is 24.3. The Morgan fingerprint density at radius 1 is 1.06 bits per heavy atom. The van der Waals surface area contributed by atoms with Crippen LogP contribution in [-0.4, -0.2) is 54.5 Å². The lowest BCUT2D eigenvalue weighted by atomic mass is 10.0. The van der Waals surface area contributed by atoms with Crippen LogP contribution in [-0.2, 0) is 11.2 Å². The van der Waals surface area contributed by atoms with Gasteiger partial charge in [0, 0.05) is 18.7 Å². The number of amides is 1. The number of nitrogens with two attached hydrogens (primary N) is 1. The van der Waals surface area contributed by atoms with Crippen LogP contribution < -0.4 is 11.1 Å². The van der Waals surface area contributed by atoms with Gasteiger partial charge >= 0.3 is 0 Å². The number of Topliss-reactive ketones (excluding diaryl/α,β-unsaturated/α-hetero) is 1. The number of nitrogens with zero attached hydrogens (tertiary/aromatic N) is 1. The summed E-state index contributed by atoms with van der Waals surface area (Å²) < 4.78 is 25.5. The van der Waals surface area contributed by atoms with Gasteiger partial charge in [-0.15, -0.1) is 0 Å². The average Bonchev–Trinajstić information content (AvgIpc) is 3.39. The lowest BCUT2D eigenvalue weighted by Gasteiger charge is -2.18. The van der Waals surface area contributed by atoms with Crippen molar-refractivity contribution in [2.45, 2.75) is 57.6 Å². The summed E-state index contributed by atoms with van der Waals surface area (Å²) in [5.41, 5.74) is 7.50. The number of hydrogen-bond acceptors (Lipinski definition) is 4. The second kappa shape index (κ2) is 19.3. The molecule has 3 unspecified atom stereocenters. The standard InChI is InChI=1S/C14H21FN2.C8H9NO.C3H7FOP2.C2H6/c15-14-6-2-1-5-12(14)11-13(16)7-10-17-8-3-4-9-17;1-9-8(10)7-5-3-2-4-6-7;1-2(5)3(4,6)7;1-2/h1-2,5-6,13H,3-4,7-11,16H2;2-6H,1H3,(H,9,10);6-7H2,1H3;1-2H3. The van der Waals surface area contributed by atoms with Crippen molar-refractivity contribution < 1.29 is 18.4 Å². The zero-order chi connectivity index (χ0) is 27.6. The van der Waals surface area contributed by atoms with Gasteiger partial charge in [-0.05, 0) is 76.0 Å². The van der Waals surface area contributed by atoms with Crippen LogP contribution in [0.1, 0.15) is 56.0 Å². The number of hydrogen-bond donors (Lipinski definition) is 2. The summed E-state index contributed by atoms with van der Waals surface area (Å²) >= 11 is 0. The van der Waals surface area contributed by atoms with E-state index in [4.69, 9.17) is 5.73 Å². The van der Waals surface area contributed by atoms with Crippen LogP contribution in [0.15, 0.2) is 54.6 Å². The van der Waals surface area contributed by atoms with Gasteiger partial charge in [0.1, 0.15) is 5.82 Å². The molecule has 0 aromatic heterocycles. The molecule has 5 nitrogen and oxygen atoms in total. The quantitative estimate of drug-likeness (QED) is 0.473. The van der Waals surface area contributed by atoms with Crippen molar-refractivity contribution in [3.63, 3.8) is 0 Å². The molecule has 1 aliphatic rings. The Morgan fingerprint density at radius 2 is 1.56 bits per heavy atom. The van der Waals surface area contributed by atoms with Crippen LogP contribution in [0.25, 0.3) is 0 Å². The van der Waals surface area contributed by atoms with E-state index in [0.29, 0.717) is 12.0 Å². The van der Waals surface area contributed by atoms with Crippen LogP contribution in [0.2, 0.25) is 0 Å². The van der Waals surface area contributed by atoms with Crippen LogP contribution >= 0.6 is 18.5 Å². The van der Waals surface area contributed by atoms with Gasteiger partial charge in [0.25, 0.3) is 5.91 Å². The molecule has 3 N–H and O–H groups in total. The minimum absolute atomic E-state index is 0.0411. The maximum Gasteiger partial charge on any atom is 0.251 e. The zero-order valence-electron chi connectivity index (χ0n) is 22.0. The van der Waals surface area contributed by atoms with E-state index in [1.807, 2.05) is 44.2 Å². The largest absolute Gasteiger partial charge is 0.355 e. The highest BCUT2D eigenvalue weighted by Crippen LogP contribution is 2.28. The first kappa shape index (κ1) is 34.2. The molecule has 36 heavy (non-hydrogen) atoms. The number of carbonyl (C=O) groups excluding carboxylic acids is 2. The molecule has 2 aromatic rings. The van der Waals surface area contributed by atoms with Gasteiger partial charge in [-0.25, -0.2) is 8.78 Å². The van der Waals surface area contributed by atoms with Crippen LogP contribution in [0, 0.1) is 5.82 Å². The highest BCUT2D eigenvalue weighted by Gasteiger charge is 2.21. The summed E-state index contributed by atoms with van der Waals surface area (Å²) in [6.45, 7) is 8.65. The van der Waals surface area contributed by atoms with Crippen molar-refractivity contribution in [2.24, 2.45) is 5.73 Å². The molecular weight excluding hydrogens is 498 g/mol. The molecule has 9 heteroatoms. The Morgan fingerprint density at radius 3 is 2.03 bits per heavy atom. The molecule has 3 rings (SSSR count). The van der Waals surface area contributed by atoms with E-state index in [-0.39, 0.29) is 17.8 Å². The lowest BCUT2D eigenvalue weighted by Crippen LogP contribution is -2.30. The minimum atomic E-state index is -1.81. The van der Waals surface area contributed by atoms with Crippen LogP contribution in [0.4, 0.5) is 8.78 Å². The van der Waals surface area contributed by atoms with E-state index in [0.717, 1.165) is 18.5 Å². The third-order valence-electron chi connectivity index (χ3n) is 5.26. The van der Waals surface area contributed by atoms with Crippen molar-refractivity contribution in [1.29, 1.82) is 0 Å². The number of nitrogens with one attached hydrogen (secondary N) is 1. The molecule has 1 saturated heterocycles. The molecule has 0 aliphatic carbocycles. The van der Waals surface area contributed by atoms with Crippen molar-refractivity contribution >= 4 is 30.2 Å². The first-order valence-corrected chi connectivity index (χ1v) is 13.5. The van der Waals surface area contributed by atoms with Gasteiger partial charge < -0.3 is 16.0 Å². The third kappa shape index (κ3) is 15.4. The van der Waals surface area contributed by atoms with Gasteiger partial charge in [-0.2, -0.15) is 0 Å². The maximum atomic E-state index is 13.4. The number of halogens is 2. The number of benzene rings is 2. The summed E-state index contributed by atoms with van der Waals surface area (Å²) in [6, 6.07) is 16.1. The second-order valence-electron chi connectivity index (χ2n) is 8.16. The second-order valence-corrected chi connectivity index (χ2v) is 10.5. The molecule has 1 amide bonds. The van der Waals surface area contributed by atoms with E-state index >= 15 is 0 Å². The maximum absolute atomic E-state index is 13.4. The molecule has 3 atom stereocenters. The van der Waals surface area contributed by atoms with E-state index in [1.165, 1.54) is 38.9 Å². The molecule has 1 aliphatic heterocycles. The fraction of sp³-hybridized carbons (Fsp3) is 0.481. The minimum Gasteiger partial charge on any atom is -0.355 e. The molecule has 0 bridgehead atoms. The first-order chi connectivity index (χ1) is 17.0. The Bertz CT molecular complexity index is 875. The van der Waals surface area contributed by atoms with Crippen molar-refractivity contribution in [3.8, 4) is 0 Å². The highest BCUT2D eigenvalue weighted by molar-refractivity contribution is 7.41. The SMILES string of the molecule is CC.CC(=O)C(F)(P)P.CNC(=O)c1ccccc1.NC(CCN1CCCC1)Cc1ccccc1F. The third-order valence-corrected chi connectivity index (χ3v) is 6.07. The van der Waals surface area contributed by atoms with Gasteiger partial charge in [0.05, 0.1) is 0 Å². The number of alkyl halides is 1. The lowest BCUT2D eigenvalue weighted by molar-refractivity contribution is -0.120. The Labute approximate surface area is 220 Å². The van der Waals surface area contributed by atoms with Gasteiger partial charge in [-0.3, -0.25) is 9.59 Å². The van der Waals surface area contributed by atoms with Gasteiger partial charge in [0.15, 0.2) is 10.9 Å². The molecule has 0 spiro atoms. The number of likely N-dealkylation sites (tertiary alicyclic amines) is 1. The average molecular weight is 542 g/mol. The van der Waals surface area contributed by atoms with Crippen LogP contribution in [0.3, 0.4) is 0 Å². The summed E-state index contributed by atoms with van der Waals surface area (Å²) in [7, 11) is 5.18. The van der Waals surface area contributed by atoms with Crippen molar-refractivity contribution in [2.75, 3.05) is 26.7 Å². The molecule has 0 radical (unpaired) electrons. The summed E-state index contributed by atoms with van der Waals surface area (Å²) in [5, 5.41) is 0.737. The molecule has 0 saturated carbocycles.